The van der Waals surface area contributed by atoms with Gasteiger partial charge in [0.2, 0.25) is 0 Å². The molecular weight excluding hydrogens is 240 g/mol. The van der Waals surface area contributed by atoms with E-state index in [9.17, 15) is 4.79 Å². The van der Waals surface area contributed by atoms with Crippen LogP contribution in [0.15, 0.2) is 18.3 Å². The molecule has 0 fully saturated rings. The number of aromatic nitrogens is 1. The molecule has 1 aromatic rings. The summed E-state index contributed by atoms with van der Waals surface area (Å²) in [4.78, 5) is 14.0. The van der Waals surface area contributed by atoms with E-state index in [2.05, 4.69) is 30.6 Å². The fraction of sp³-hybridized carbons (Fsp3) is 0.533. The van der Waals surface area contributed by atoms with Gasteiger partial charge in [-0.25, -0.2) is 4.79 Å². The van der Waals surface area contributed by atoms with Crippen LogP contribution in [0.3, 0.4) is 0 Å². The summed E-state index contributed by atoms with van der Waals surface area (Å²) in [6.07, 6.45) is 1.42. The van der Waals surface area contributed by atoms with E-state index in [0.29, 0.717) is 12.2 Å². The molecule has 4 nitrogen and oxygen atoms in total. The molecule has 0 saturated carbocycles. The van der Waals surface area contributed by atoms with E-state index in [1.54, 1.807) is 17.6 Å². The van der Waals surface area contributed by atoms with Crippen LogP contribution in [-0.4, -0.2) is 41.2 Å². The number of carbonyl (C=O) groups is 1. The molecule has 0 unspecified atom stereocenters. The van der Waals surface area contributed by atoms with Crippen molar-refractivity contribution in [1.29, 1.82) is 0 Å². The van der Waals surface area contributed by atoms with E-state index < -0.39 is 6.10 Å². The lowest BCUT2D eigenvalue weighted by atomic mass is 10.3. The highest BCUT2D eigenvalue weighted by molar-refractivity contribution is 5.87. The molecule has 1 atom stereocenters. The summed E-state index contributed by atoms with van der Waals surface area (Å²) in [6.45, 7) is 8.65. The smallest absolute Gasteiger partial charge is 0.356 e. The molecule has 1 heterocycles. The summed E-state index contributed by atoms with van der Waals surface area (Å²) >= 11 is 0. The minimum Gasteiger partial charge on any atom is -0.445 e. The highest BCUT2D eigenvalue weighted by Gasteiger charge is 2.12. The summed E-state index contributed by atoms with van der Waals surface area (Å²) in [6, 6.07) is 3.55. The van der Waals surface area contributed by atoms with E-state index in [-0.39, 0.29) is 5.97 Å². The van der Waals surface area contributed by atoms with E-state index in [1.165, 1.54) is 0 Å². The van der Waals surface area contributed by atoms with Gasteiger partial charge in [-0.1, -0.05) is 25.7 Å². The van der Waals surface area contributed by atoms with Crippen LogP contribution in [0.5, 0.6) is 0 Å². The topological polar surface area (TPSA) is 34.5 Å². The minimum atomic E-state index is -0.391. The number of hydrogen-bond donors (Lipinski definition) is 0. The second kappa shape index (κ2) is 7.65. The third-order valence-corrected chi connectivity index (χ3v) is 2.94. The van der Waals surface area contributed by atoms with Crippen molar-refractivity contribution in [2.24, 2.45) is 7.05 Å². The zero-order chi connectivity index (χ0) is 14.3. The Kier molecular flexibility index (Phi) is 6.17. The lowest BCUT2D eigenvalue weighted by Gasteiger charge is -2.13. The van der Waals surface area contributed by atoms with Crippen LogP contribution < -0.4 is 0 Å². The van der Waals surface area contributed by atoms with Crippen LogP contribution in [0.4, 0.5) is 0 Å². The zero-order valence-corrected chi connectivity index (χ0v) is 12.1. The number of nitrogens with zero attached hydrogens (tertiary/aromatic N) is 2. The number of rotatable bonds is 5. The first-order valence-electron chi connectivity index (χ1n) is 6.61. The minimum absolute atomic E-state index is 0.336. The normalized spacial score (nSPS) is 11.8. The molecule has 0 aliphatic carbocycles. The standard InChI is InChI=1S/C15H22N2O2/c1-5-17(6-2)12-7-9-13(3)19-15(18)14-10-8-11-16(14)4/h8,10-11,13H,5-6,12H2,1-4H3/t13-/m0/s1. The number of ether oxygens (including phenoxy) is 1. The number of carbonyl (C=O) groups excluding carboxylic acids is 1. The van der Waals surface area contributed by atoms with Gasteiger partial charge in [-0.3, -0.25) is 4.90 Å². The largest absolute Gasteiger partial charge is 0.445 e. The van der Waals surface area contributed by atoms with Crippen molar-refractivity contribution in [2.75, 3.05) is 19.6 Å². The predicted molar refractivity (Wildman–Crippen MR) is 75.9 cm³/mol. The van der Waals surface area contributed by atoms with Crippen LogP contribution in [0.1, 0.15) is 31.3 Å². The van der Waals surface area contributed by atoms with Gasteiger partial charge in [-0.15, -0.1) is 0 Å². The van der Waals surface area contributed by atoms with Crippen molar-refractivity contribution < 1.29 is 9.53 Å². The summed E-state index contributed by atoms with van der Waals surface area (Å²) in [7, 11) is 1.81. The molecule has 0 aromatic carbocycles. The van der Waals surface area contributed by atoms with Crippen molar-refractivity contribution in [3.63, 3.8) is 0 Å². The molecule has 0 amide bonds. The lowest BCUT2D eigenvalue weighted by Crippen LogP contribution is -2.23. The van der Waals surface area contributed by atoms with Crippen molar-refractivity contribution in [1.82, 2.24) is 9.47 Å². The monoisotopic (exact) mass is 262 g/mol. The maximum absolute atomic E-state index is 11.8. The van der Waals surface area contributed by atoms with E-state index in [0.717, 1.165) is 13.1 Å². The highest BCUT2D eigenvalue weighted by atomic mass is 16.5. The van der Waals surface area contributed by atoms with Gasteiger partial charge >= 0.3 is 5.97 Å². The van der Waals surface area contributed by atoms with Crippen molar-refractivity contribution in [2.45, 2.75) is 26.9 Å². The molecule has 0 saturated heterocycles. The van der Waals surface area contributed by atoms with Crippen LogP contribution in [0, 0.1) is 11.8 Å². The fourth-order valence-corrected chi connectivity index (χ4v) is 1.67. The molecule has 0 aliphatic heterocycles. The average Bonchev–Trinajstić information content (AvgIpc) is 2.81. The Morgan fingerprint density at radius 1 is 1.47 bits per heavy atom. The van der Waals surface area contributed by atoms with Gasteiger partial charge in [0.25, 0.3) is 0 Å². The summed E-state index contributed by atoms with van der Waals surface area (Å²) in [5.41, 5.74) is 0.539. The molecule has 0 N–H and O–H groups in total. The van der Waals surface area contributed by atoms with Gasteiger partial charge in [0, 0.05) is 13.2 Å². The van der Waals surface area contributed by atoms with E-state index in [1.807, 2.05) is 19.3 Å². The van der Waals surface area contributed by atoms with Gasteiger partial charge in [0.1, 0.15) is 5.69 Å². The highest BCUT2D eigenvalue weighted by Crippen LogP contribution is 2.04. The first-order valence-corrected chi connectivity index (χ1v) is 6.61. The van der Waals surface area contributed by atoms with Crippen LogP contribution in [-0.2, 0) is 11.8 Å². The SMILES string of the molecule is CCN(CC)CC#C[C@H](C)OC(=O)c1cccn1C. The molecule has 0 bridgehead atoms. The lowest BCUT2D eigenvalue weighted by molar-refractivity contribution is 0.0427. The van der Waals surface area contributed by atoms with Gasteiger partial charge < -0.3 is 9.30 Å². The Balaban J connectivity index is 2.48. The molecule has 0 aliphatic rings. The summed E-state index contributed by atoms with van der Waals surface area (Å²) in [5, 5.41) is 0. The second-order valence-electron chi connectivity index (χ2n) is 4.33. The molecule has 1 rings (SSSR count). The molecule has 1 aromatic heterocycles. The Labute approximate surface area is 115 Å². The van der Waals surface area contributed by atoms with E-state index >= 15 is 0 Å². The summed E-state index contributed by atoms with van der Waals surface area (Å²) < 4.78 is 7.01. The van der Waals surface area contributed by atoms with Gasteiger partial charge in [0.15, 0.2) is 6.10 Å². The molecule has 104 valence electrons. The average molecular weight is 262 g/mol. The number of esters is 1. The first kappa shape index (κ1) is 15.3. The third kappa shape index (κ3) is 4.80. The van der Waals surface area contributed by atoms with Crippen molar-refractivity contribution >= 4 is 5.97 Å². The third-order valence-electron chi connectivity index (χ3n) is 2.94. The van der Waals surface area contributed by atoms with Crippen LogP contribution >= 0.6 is 0 Å². The number of aryl methyl sites for hydroxylation is 1. The molecule has 4 heteroatoms. The van der Waals surface area contributed by atoms with E-state index in [4.69, 9.17) is 4.74 Å². The Morgan fingerprint density at radius 3 is 2.68 bits per heavy atom. The van der Waals surface area contributed by atoms with Crippen molar-refractivity contribution in [3.05, 3.63) is 24.0 Å². The van der Waals surface area contributed by atoms with Gasteiger partial charge in [-0.05, 0) is 32.1 Å². The Hall–Kier alpha value is -1.73. The molecular formula is C15H22N2O2. The number of hydrogen-bond acceptors (Lipinski definition) is 3. The molecule has 0 radical (unpaired) electrons. The Morgan fingerprint density at radius 2 is 2.16 bits per heavy atom. The maximum Gasteiger partial charge on any atom is 0.356 e. The predicted octanol–water partition coefficient (Wildman–Crippen LogP) is 1.92. The first-order chi connectivity index (χ1) is 9.08. The second-order valence-corrected chi connectivity index (χ2v) is 4.33. The van der Waals surface area contributed by atoms with Crippen LogP contribution in [0.25, 0.3) is 0 Å². The van der Waals surface area contributed by atoms with Crippen LogP contribution in [0.2, 0.25) is 0 Å². The molecule has 0 spiro atoms. The fourth-order valence-electron chi connectivity index (χ4n) is 1.67. The summed E-state index contributed by atoms with van der Waals surface area (Å²) in [5.74, 6) is 5.66. The van der Waals surface area contributed by atoms with Gasteiger partial charge in [0.05, 0.1) is 6.54 Å². The Bertz CT molecular complexity index is 464. The van der Waals surface area contributed by atoms with Gasteiger partial charge in [-0.2, -0.15) is 0 Å². The maximum atomic E-state index is 11.8. The van der Waals surface area contributed by atoms with Crippen molar-refractivity contribution in [3.8, 4) is 11.8 Å². The quantitative estimate of drug-likeness (QED) is 0.600. The zero-order valence-electron chi connectivity index (χ0n) is 12.1. The molecule has 19 heavy (non-hydrogen) atoms.